The molecule has 0 aromatic carbocycles. The van der Waals surface area contributed by atoms with Crippen molar-refractivity contribution in [2.75, 3.05) is 0 Å². The van der Waals surface area contributed by atoms with Gasteiger partial charge in [0.25, 0.3) is 0 Å². The Balaban J connectivity index is 2.96. The van der Waals surface area contributed by atoms with Gasteiger partial charge in [-0.3, -0.25) is 0 Å². The van der Waals surface area contributed by atoms with Crippen LogP contribution in [0, 0.1) is 0 Å². The molecule has 0 spiro atoms. The third kappa shape index (κ3) is 1.45. The normalized spacial score (nSPS) is 9.80. The van der Waals surface area contributed by atoms with E-state index in [2.05, 4.69) is 16.9 Å². The van der Waals surface area contributed by atoms with Gasteiger partial charge in [0.05, 0.1) is 5.88 Å². The number of hydrogen-bond acceptors (Lipinski definition) is 2. The summed E-state index contributed by atoms with van der Waals surface area (Å²) in [4.78, 5) is 7.94. The Hall–Kier alpha value is -0.630. The molecule has 3 heteroatoms. The van der Waals surface area contributed by atoms with Crippen LogP contribution in [0.5, 0.6) is 0 Å². The van der Waals surface area contributed by atoms with Gasteiger partial charge in [-0.25, -0.2) is 9.97 Å². The highest BCUT2D eigenvalue weighted by Gasteiger charge is 1.97. The minimum atomic E-state index is 0.504. The van der Waals surface area contributed by atoms with E-state index in [4.69, 9.17) is 11.6 Å². The Morgan fingerprint density at radius 2 is 2.40 bits per heavy atom. The fourth-order valence-electron chi connectivity index (χ4n) is 0.814. The molecule has 0 fully saturated rings. The van der Waals surface area contributed by atoms with Gasteiger partial charge in [-0.1, -0.05) is 6.92 Å². The molecular weight excluding hydrogens is 148 g/mol. The summed E-state index contributed by atoms with van der Waals surface area (Å²) in [5.41, 5.74) is 2.08. The molecule has 0 aliphatic carbocycles. The first-order valence-corrected chi connectivity index (χ1v) is 3.75. The van der Waals surface area contributed by atoms with E-state index < -0.39 is 0 Å². The predicted octanol–water partition coefficient (Wildman–Crippen LogP) is 1.78. The molecule has 1 aromatic rings. The lowest BCUT2D eigenvalue weighted by Gasteiger charge is -1.99. The molecule has 0 radical (unpaired) electrons. The second-order valence-electron chi connectivity index (χ2n) is 1.98. The highest BCUT2D eigenvalue weighted by Crippen LogP contribution is 2.06. The number of aromatic nitrogens is 2. The minimum Gasteiger partial charge on any atom is -0.244 e. The predicted molar refractivity (Wildman–Crippen MR) is 41.0 cm³/mol. The van der Waals surface area contributed by atoms with Crippen molar-refractivity contribution in [3.05, 3.63) is 23.8 Å². The number of nitrogens with zero attached hydrogens (tertiary/aromatic N) is 2. The van der Waals surface area contributed by atoms with E-state index in [1.807, 2.05) is 0 Å². The summed E-state index contributed by atoms with van der Waals surface area (Å²) in [6, 6.07) is 0. The van der Waals surface area contributed by atoms with Crippen LogP contribution in [0.15, 0.2) is 12.5 Å². The number of rotatable bonds is 2. The average molecular weight is 157 g/mol. The van der Waals surface area contributed by atoms with E-state index in [9.17, 15) is 0 Å². The van der Waals surface area contributed by atoms with Crippen LogP contribution in [0.3, 0.4) is 0 Å². The average Bonchev–Trinajstić information content (AvgIpc) is 2.04. The van der Waals surface area contributed by atoms with E-state index in [1.165, 1.54) is 0 Å². The summed E-state index contributed by atoms with van der Waals surface area (Å²) in [6.45, 7) is 2.05. The summed E-state index contributed by atoms with van der Waals surface area (Å²) in [7, 11) is 0. The maximum absolute atomic E-state index is 5.63. The van der Waals surface area contributed by atoms with Crippen LogP contribution in [-0.4, -0.2) is 9.97 Å². The zero-order chi connectivity index (χ0) is 7.40. The van der Waals surface area contributed by atoms with E-state index in [0.717, 1.165) is 17.7 Å². The summed E-state index contributed by atoms with van der Waals surface area (Å²) in [6.07, 6.45) is 4.23. The number of aryl methyl sites for hydroxylation is 1. The summed E-state index contributed by atoms with van der Waals surface area (Å²) >= 11 is 5.63. The molecule has 0 bridgehead atoms. The molecule has 0 aliphatic heterocycles. The van der Waals surface area contributed by atoms with Gasteiger partial charge < -0.3 is 0 Å². The first kappa shape index (κ1) is 7.48. The SMILES string of the molecule is CCc1ncncc1CCl. The van der Waals surface area contributed by atoms with Crippen molar-refractivity contribution < 1.29 is 0 Å². The van der Waals surface area contributed by atoms with E-state index in [0.29, 0.717) is 5.88 Å². The molecule has 54 valence electrons. The topological polar surface area (TPSA) is 25.8 Å². The molecule has 10 heavy (non-hydrogen) atoms. The Morgan fingerprint density at radius 1 is 1.60 bits per heavy atom. The standard InChI is InChI=1S/C7H9ClN2/c1-2-7-6(3-8)4-9-5-10-7/h4-5H,2-3H2,1H3. The van der Waals surface area contributed by atoms with Gasteiger partial charge in [0.2, 0.25) is 0 Å². The molecule has 1 rings (SSSR count). The molecule has 1 heterocycles. The highest BCUT2D eigenvalue weighted by atomic mass is 35.5. The van der Waals surface area contributed by atoms with Gasteiger partial charge in [0, 0.05) is 17.5 Å². The number of hydrogen-bond donors (Lipinski definition) is 0. The van der Waals surface area contributed by atoms with E-state index in [1.54, 1.807) is 12.5 Å². The van der Waals surface area contributed by atoms with E-state index in [-0.39, 0.29) is 0 Å². The lowest BCUT2D eigenvalue weighted by molar-refractivity contribution is 0.963. The first-order valence-electron chi connectivity index (χ1n) is 3.22. The van der Waals surface area contributed by atoms with Crippen molar-refractivity contribution in [1.82, 2.24) is 9.97 Å². The summed E-state index contributed by atoms with van der Waals surface area (Å²) < 4.78 is 0. The minimum absolute atomic E-state index is 0.504. The molecule has 0 saturated heterocycles. The Labute approximate surface area is 65.3 Å². The molecule has 2 nitrogen and oxygen atoms in total. The van der Waals surface area contributed by atoms with Crippen LogP contribution >= 0.6 is 11.6 Å². The molecule has 1 aromatic heterocycles. The van der Waals surface area contributed by atoms with Gasteiger partial charge in [-0.05, 0) is 6.42 Å². The van der Waals surface area contributed by atoms with Crippen LogP contribution in [0.2, 0.25) is 0 Å². The van der Waals surface area contributed by atoms with Gasteiger partial charge in [-0.15, -0.1) is 11.6 Å². The van der Waals surface area contributed by atoms with Gasteiger partial charge in [0.15, 0.2) is 0 Å². The molecule has 0 saturated carbocycles. The first-order chi connectivity index (χ1) is 4.88. The number of alkyl halides is 1. The smallest absolute Gasteiger partial charge is 0.115 e. The third-order valence-electron chi connectivity index (χ3n) is 1.36. The largest absolute Gasteiger partial charge is 0.244 e. The van der Waals surface area contributed by atoms with Gasteiger partial charge >= 0.3 is 0 Å². The lowest BCUT2D eigenvalue weighted by Crippen LogP contribution is -1.94. The Morgan fingerprint density at radius 3 is 2.90 bits per heavy atom. The highest BCUT2D eigenvalue weighted by molar-refractivity contribution is 6.17. The fourth-order valence-corrected chi connectivity index (χ4v) is 1.04. The molecule has 0 aliphatic rings. The van der Waals surface area contributed by atoms with Crippen molar-refractivity contribution in [2.45, 2.75) is 19.2 Å². The van der Waals surface area contributed by atoms with Gasteiger partial charge in [-0.2, -0.15) is 0 Å². The monoisotopic (exact) mass is 156 g/mol. The maximum atomic E-state index is 5.63. The van der Waals surface area contributed by atoms with Crippen molar-refractivity contribution >= 4 is 11.6 Å². The lowest BCUT2D eigenvalue weighted by atomic mass is 10.2. The fraction of sp³-hybridized carbons (Fsp3) is 0.429. The number of halogens is 1. The van der Waals surface area contributed by atoms with Crippen molar-refractivity contribution in [2.24, 2.45) is 0 Å². The Kier molecular flexibility index (Phi) is 2.63. The molecule has 0 unspecified atom stereocenters. The van der Waals surface area contributed by atoms with Crippen LogP contribution in [-0.2, 0) is 12.3 Å². The van der Waals surface area contributed by atoms with Crippen LogP contribution in [0.1, 0.15) is 18.2 Å². The summed E-state index contributed by atoms with van der Waals surface area (Å²) in [5, 5.41) is 0. The van der Waals surface area contributed by atoms with Crippen molar-refractivity contribution in [3.8, 4) is 0 Å². The summed E-state index contributed by atoms with van der Waals surface area (Å²) in [5.74, 6) is 0.504. The van der Waals surface area contributed by atoms with Crippen molar-refractivity contribution in [3.63, 3.8) is 0 Å². The molecule has 0 amide bonds. The second-order valence-corrected chi connectivity index (χ2v) is 2.25. The van der Waals surface area contributed by atoms with Crippen LogP contribution in [0.25, 0.3) is 0 Å². The zero-order valence-corrected chi connectivity index (χ0v) is 6.60. The van der Waals surface area contributed by atoms with Crippen LogP contribution < -0.4 is 0 Å². The molecule has 0 atom stereocenters. The maximum Gasteiger partial charge on any atom is 0.115 e. The van der Waals surface area contributed by atoms with Crippen LogP contribution in [0.4, 0.5) is 0 Å². The molecular formula is C7H9ClN2. The third-order valence-corrected chi connectivity index (χ3v) is 1.65. The van der Waals surface area contributed by atoms with Crippen molar-refractivity contribution in [1.29, 1.82) is 0 Å². The Bertz CT molecular complexity index is 190. The molecule has 0 N–H and O–H groups in total. The quantitative estimate of drug-likeness (QED) is 0.610. The zero-order valence-electron chi connectivity index (χ0n) is 5.84. The van der Waals surface area contributed by atoms with E-state index >= 15 is 0 Å². The van der Waals surface area contributed by atoms with Gasteiger partial charge in [0.1, 0.15) is 6.33 Å². The second kappa shape index (κ2) is 3.52.